The summed E-state index contributed by atoms with van der Waals surface area (Å²) in [5, 5.41) is 3.63. The van der Waals surface area contributed by atoms with Crippen LogP contribution in [0, 0.1) is 0 Å². The standard InChI is InChI=1S/C20H20ClN3O4S/c1-2-28-20(27)24-10-9-13-15(11-24)29-19(17(13)18(22)26)23-16(25)8-7-12-5-3-4-6-14(12)21/h3-8H,2,9-11H2,1H3,(H2,22,26)(H,23,25)/b8-7+. The Labute approximate surface area is 177 Å². The molecule has 2 heterocycles. The number of nitrogens with one attached hydrogen (secondary N) is 1. The van der Waals surface area contributed by atoms with E-state index in [1.165, 1.54) is 17.4 Å². The van der Waals surface area contributed by atoms with E-state index < -0.39 is 17.9 Å². The van der Waals surface area contributed by atoms with Crippen LogP contribution in [0.15, 0.2) is 30.3 Å². The zero-order valence-corrected chi connectivity index (χ0v) is 17.3. The van der Waals surface area contributed by atoms with Gasteiger partial charge in [0.15, 0.2) is 0 Å². The number of amides is 3. The molecular formula is C20H20ClN3O4S. The molecule has 0 spiro atoms. The monoisotopic (exact) mass is 433 g/mol. The average molecular weight is 434 g/mol. The molecule has 0 fully saturated rings. The summed E-state index contributed by atoms with van der Waals surface area (Å²) >= 11 is 7.32. The second kappa shape index (κ2) is 9.11. The summed E-state index contributed by atoms with van der Waals surface area (Å²) < 4.78 is 5.04. The lowest BCUT2D eigenvalue weighted by molar-refractivity contribution is -0.111. The van der Waals surface area contributed by atoms with Crippen molar-refractivity contribution in [3.05, 3.63) is 56.9 Å². The first-order chi connectivity index (χ1) is 13.9. The number of hydrogen-bond donors (Lipinski definition) is 2. The van der Waals surface area contributed by atoms with Crippen molar-refractivity contribution in [1.82, 2.24) is 4.90 Å². The Bertz CT molecular complexity index is 986. The summed E-state index contributed by atoms with van der Waals surface area (Å²) in [5.41, 5.74) is 7.34. The van der Waals surface area contributed by atoms with Crippen molar-refractivity contribution in [2.75, 3.05) is 18.5 Å². The summed E-state index contributed by atoms with van der Waals surface area (Å²) in [4.78, 5) is 38.7. The first-order valence-corrected chi connectivity index (χ1v) is 10.2. The summed E-state index contributed by atoms with van der Waals surface area (Å²) in [5.74, 6) is -1.02. The number of halogens is 1. The molecule has 1 aromatic heterocycles. The Kier molecular flexibility index (Phi) is 6.56. The molecule has 152 valence electrons. The third-order valence-electron chi connectivity index (χ3n) is 4.39. The van der Waals surface area contributed by atoms with E-state index in [0.717, 1.165) is 10.4 Å². The zero-order valence-electron chi connectivity index (χ0n) is 15.7. The van der Waals surface area contributed by atoms with Gasteiger partial charge < -0.3 is 20.7 Å². The quantitative estimate of drug-likeness (QED) is 0.702. The lowest BCUT2D eigenvalue weighted by Crippen LogP contribution is -2.36. The van der Waals surface area contributed by atoms with Gasteiger partial charge in [-0.1, -0.05) is 29.8 Å². The highest BCUT2D eigenvalue weighted by Crippen LogP contribution is 2.37. The van der Waals surface area contributed by atoms with Crippen molar-refractivity contribution >= 4 is 51.9 Å². The number of carbonyl (C=O) groups excluding carboxylic acids is 3. The van der Waals surface area contributed by atoms with Crippen molar-refractivity contribution in [1.29, 1.82) is 0 Å². The summed E-state index contributed by atoms with van der Waals surface area (Å²) in [7, 11) is 0. The van der Waals surface area contributed by atoms with E-state index in [1.807, 2.05) is 6.07 Å². The Hall–Kier alpha value is -2.84. The van der Waals surface area contributed by atoms with Gasteiger partial charge in [0, 0.05) is 22.5 Å². The molecule has 29 heavy (non-hydrogen) atoms. The van der Waals surface area contributed by atoms with Crippen LogP contribution >= 0.6 is 22.9 Å². The van der Waals surface area contributed by atoms with E-state index in [0.29, 0.717) is 40.7 Å². The predicted octanol–water partition coefficient (Wildman–Crippen LogP) is 3.67. The number of nitrogens with zero attached hydrogens (tertiary/aromatic N) is 1. The summed E-state index contributed by atoms with van der Waals surface area (Å²) in [6.45, 7) is 2.76. The number of carbonyl (C=O) groups is 3. The highest BCUT2D eigenvalue weighted by molar-refractivity contribution is 7.17. The van der Waals surface area contributed by atoms with E-state index >= 15 is 0 Å². The minimum atomic E-state index is -0.613. The minimum absolute atomic E-state index is 0.290. The fraction of sp³-hybridized carbons (Fsp3) is 0.250. The highest BCUT2D eigenvalue weighted by atomic mass is 35.5. The second-order valence-electron chi connectivity index (χ2n) is 6.29. The molecule has 0 radical (unpaired) electrons. The third-order valence-corrected chi connectivity index (χ3v) is 5.86. The average Bonchev–Trinajstić information content (AvgIpc) is 3.04. The van der Waals surface area contributed by atoms with Gasteiger partial charge in [0.1, 0.15) is 5.00 Å². The summed E-state index contributed by atoms with van der Waals surface area (Å²) in [6.07, 6.45) is 3.00. The lowest BCUT2D eigenvalue weighted by Gasteiger charge is -2.26. The van der Waals surface area contributed by atoms with Gasteiger partial charge in [-0.05, 0) is 36.6 Å². The van der Waals surface area contributed by atoms with Crippen molar-refractivity contribution in [2.45, 2.75) is 19.9 Å². The zero-order chi connectivity index (χ0) is 21.0. The molecule has 0 saturated heterocycles. The fourth-order valence-electron chi connectivity index (χ4n) is 3.05. The van der Waals surface area contributed by atoms with Gasteiger partial charge in [0.2, 0.25) is 5.91 Å². The fourth-order valence-corrected chi connectivity index (χ4v) is 4.52. The molecule has 3 amide bonds. The SMILES string of the molecule is CCOC(=O)N1CCc2c(sc(NC(=O)/C=C/c3ccccc3Cl)c2C(N)=O)C1. The van der Waals surface area contributed by atoms with Crippen LogP contribution in [0.5, 0.6) is 0 Å². The van der Waals surface area contributed by atoms with Crippen LogP contribution in [-0.2, 0) is 22.5 Å². The van der Waals surface area contributed by atoms with Crippen LogP contribution in [0.4, 0.5) is 9.80 Å². The Morgan fingerprint density at radius 2 is 2.10 bits per heavy atom. The van der Waals surface area contributed by atoms with E-state index in [4.69, 9.17) is 22.1 Å². The molecule has 1 aliphatic rings. The molecule has 0 saturated carbocycles. The normalized spacial score (nSPS) is 13.2. The molecule has 1 aromatic carbocycles. The van der Waals surface area contributed by atoms with Gasteiger partial charge in [-0.25, -0.2) is 4.79 Å². The van der Waals surface area contributed by atoms with Crippen molar-refractivity contribution in [3.8, 4) is 0 Å². The van der Waals surface area contributed by atoms with Crippen LogP contribution in [0.3, 0.4) is 0 Å². The van der Waals surface area contributed by atoms with Crippen molar-refractivity contribution in [3.63, 3.8) is 0 Å². The molecule has 0 bridgehead atoms. The van der Waals surface area contributed by atoms with Crippen molar-refractivity contribution < 1.29 is 19.1 Å². The molecular weight excluding hydrogens is 414 g/mol. The number of benzene rings is 1. The topological polar surface area (TPSA) is 102 Å². The number of anilines is 1. The van der Waals surface area contributed by atoms with E-state index in [9.17, 15) is 14.4 Å². The van der Waals surface area contributed by atoms with E-state index in [1.54, 1.807) is 36.1 Å². The Morgan fingerprint density at radius 3 is 2.79 bits per heavy atom. The van der Waals surface area contributed by atoms with Gasteiger partial charge in [0.25, 0.3) is 5.91 Å². The molecule has 0 atom stereocenters. The van der Waals surface area contributed by atoms with Gasteiger partial charge in [-0.3, -0.25) is 9.59 Å². The molecule has 0 unspecified atom stereocenters. The predicted molar refractivity (Wildman–Crippen MR) is 113 cm³/mol. The number of fused-ring (bicyclic) bond motifs is 1. The largest absolute Gasteiger partial charge is 0.450 e. The van der Waals surface area contributed by atoms with Gasteiger partial charge in [0.05, 0.1) is 18.7 Å². The minimum Gasteiger partial charge on any atom is -0.450 e. The molecule has 7 nitrogen and oxygen atoms in total. The smallest absolute Gasteiger partial charge is 0.410 e. The number of nitrogens with two attached hydrogens (primary N) is 1. The first kappa shape index (κ1) is 20.9. The summed E-state index contributed by atoms with van der Waals surface area (Å²) in [6, 6.07) is 7.13. The maximum absolute atomic E-state index is 12.4. The maximum Gasteiger partial charge on any atom is 0.410 e. The molecule has 2 aromatic rings. The van der Waals surface area contributed by atoms with Crippen LogP contribution in [-0.4, -0.2) is 36.0 Å². The van der Waals surface area contributed by atoms with Gasteiger partial charge in [-0.15, -0.1) is 11.3 Å². The molecule has 1 aliphatic heterocycles. The Morgan fingerprint density at radius 1 is 1.34 bits per heavy atom. The van der Waals surface area contributed by atoms with Crippen molar-refractivity contribution in [2.24, 2.45) is 5.73 Å². The van der Waals surface area contributed by atoms with Crippen LogP contribution in [0.25, 0.3) is 6.08 Å². The highest BCUT2D eigenvalue weighted by Gasteiger charge is 2.29. The van der Waals surface area contributed by atoms with E-state index in [-0.39, 0.29) is 6.61 Å². The van der Waals surface area contributed by atoms with Crippen LogP contribution in [0.1, 0.15) is 33.3 Å². The first-order valence-electron chi connectivity index (χ1n) is 9.00. The number of ether oxygens (including phenoxy) is 1. The lowest BCUT2D eigenvalue weighted by atomic mass is 10.0. The molecule has 3 N–H and O–H groups in total. The van der Waals surface area contributed by atoms with Crippen LogP contribution < -0.4 is 11.1 Å². The van der Waals surface area contributed by atoms with E-state index in [2.05, 4.69) is 5.32 Å². The van der Waals surface area contributed by atoms with Gasteiger partial charge >= 0.3 is 6.09 Å². The molecule has 0 aliphatic carbocycles. The number of primary amides is 1. The Balaban J connectivity index is 1.79. The maximum atomic E-state index is 12.4. The second-order valence-corrected chi connectivity index (χ2v) is 7.80. The number of rotatable bonds is 5. The van der Waals surface area contributed by atoms with Crippen LogP contribution in [0.2, 0.25) is 5.02 Å². The van der Waals surface area contributed by atoms with Gasteiger partial charge in [-0.2, -0.15) is 0 Å². The number of thiophene rings is 1. The molecule has 3 rings (SSSR count). The molecule has 9 heteroatoms. The third kappa shape index (κ3) is 4.78. The number of hydrogen-bond acceptors (Lipinski definition) is 5.